The summed E-state index contributed by atoms with van der Waals surface area (Å²) >= 11 is 0. The van der Waals surface area contributed by atoms with Crippen molar-refractivity contribution < 1.29 is 5.11 Å². The number of hydrogen-bond donors (Lipinski definition) is 1. The van der Waals surface area contributed by atoms with Crippen LogP contribution < -0.4 is 0 Å². The molecule has 1 atom stereocenters. The van der Waals surface area contributed by atoms with E-state index in [4.69, 9.17) is 0 Å². The van der Waals surface area contributed by atoms with Crippen LogP contribution in [0.3, 0.4) is 0 Å². The monoisotopic (exact) mass is 226 g/mol. The summed E-state index contributed by atoms with van der Waals surface area (Å²) in [7, 11) is 0. The van der Waals surface area contributed by atoms with Crippen molar-refractivity contribution in [1.82, 2.24) is 0 Å². The molecule has 0 aromatic heterocycles. The Balaban J connectivity index is 1.94. The van der Waals surface area contributed by atoms with E-state index < -0.39 is 0 Å². The summed E-state index contributed by atoms with van der Waals surface area (Å²) in [5.41, 5.74) is 1.44. The molecular formula is C16H18O. The Morgan fingerprint density at radius 1 is 1.12 bits per heavy atom. The summed E-state index contributed by atoms with van der Waals surface area (Å²) in [5.74, 6) is 0. The van der Waals surface area contributed by atoms with E-state index in [-0.39, 0.29) is 11.5 Å². The van der Waals surface area contributed by atoms with Gasteiger partial charge in [-0.1, -0.05) is 49.4 Å². The normalized spacial score (nSPS) is 19.2. The van der Waals surface area contributed by atoms with Crippen LogP contribution in [0, 0.1) is 5.41 Å². The van der Waals surface area contributed by atoms with E-state index in [1.807, 2.05) is 0 Å². The van der Waals surface area contributed by atoms with Gasteiger partial charge in [0.15, 0.2) is 0 Å². The largest absolute Gasteiger partial charge is 0.392 e. The molecule has 0 heterocycles. The molecule has 3 rings (SSSR count). The number of rotatable bonds is 3. The van der Waals surface area contributed by atoms with Crippen molar-refractivity contribution in [3.63, 3.8) is 0 Å². The molecule has 0 radical (unpaired) electrons. The summed E-state index contributed by atoms with van der Waals surface area (Å²) in [6.45, 7) is 2.18. The third-order valence-electron chi connectivity index (χ3n) is 4.14. The number of aliphatic hydroxyl groups is 1. The molecule has 1 saturated carbocycles. The number of benzene rings is 2. The van der Waals surface area contributed by atoms with Crippen LogP contribution in [0.15, 0.2) is 42.5 Å². The first-order valence-corrected chi connectivity index (χ1v) is 6.34. The fourth-order valence-electron chi connectivity index (χ4n) is 2.46. The van der Waals surface area contributed by atoms with Gasteiger partial charge in [-0.05, 0) is 41.0 Å². The summed E-state index contributed by atoms with van der Waals surface area (Å²) < 4.78 is 0. The minimum Gasteiger partial charge on any atom is -0.392 e. The predicted molar refractivity (Wildman–Crippen MR) is 71.0 cm³/mol. The fraction of sp³-hybridized carbons (Fsp3) is 0.375. The lowest BCUT2D eigenvalue weighted by molar-refractivity contribution is 0.104. The van der Waals surface area contributed by atoms with Gasteiger partial charge in [0.2, 0.25) is 0 Å². The van der Waals surface area contributed by atoms with Crippen LogP contribution >= 0.6 is 0 Å². The Hall–Kier alpha value is -1.34. The Bertz CT molecular complexity index is 535. The summed E-state index contributed by atoms with van der Waals surface area (Å²) in [4.78, 5) is 0. The minimum absolute atomic E-state index is 0.178. The highest BCUT2D eigenvalue weighted by atomic mass is 16.3. The standard InChI is InChI=1S/C16H18O/c1-16(9-10-16)15(17)11-13-7-4-6-12-5-2-3-8-14(12)13/h2-8,15,17H,9-11H2,1H3. The van der Waals surface area contributed by atoms with E-state index >= 15 is 0 Å². The third kappa shape index (κ3) is 1.96. The maximum absolute atomic E-state index is 10.3. The highest BCUT2D eigenvalue weighted by molar-refractivity contribution is 5.85. The van der Waals surface area contributed by atoms with Gasteiger partial charge in [0, 0.05) is 0 Å². The van der Waals surface area contributed by atoms with Gasteiger partial charge in [-0.3, -0.25) is 0 Å². The van der Waals surface area contributed by atoms with Crippen molar-refractivity contribution in [1.29, 1.82) is 0 Å². The van der Waals surface area contributed by atoms with Crippen LogP contribution in [0.1, 0.15) is 25.3 Å². The van der Waals surface area contributed by atoms with E-state index in [0.29, 0.717) is 0 Å². The molecule has 0 saturated heterocycles. The minimum atomic E-state index is -0.201. The van der Waals surface area contributed by atoms with Crippen LogP contribution in [0.5, 0.6) is 0 Å². The summed E-state index contributed by atoms with van der Waals surface area (Å²) in [6.07, 6.45) is 2.91. The van der Waals surface area contributed by atoms with Gasteiger partial charge in [0.25, 0.3) is 0 Å². The van der Waals surface area contributed by atoms with Gasteiger partial charge in [-0.2, -0.15) is 0 Å². The predicted octanol–water partition coefficient (Wildman–Crippen LogP) is 3.54. The van der Waals surface area contributed by atoms with Crippen molar-refractivity contribution in [2.24, 2.45) is 5.41 Å². The van der Waals surface area contributed by atoms with Gasteiger partial charge in [0.1, 0.15) is 0 Å². The number of aliphatic hydroxyl groups excluding tert-OH is 1. The van der Waals surface area contributed by atoms with Crippen LogP contribution in [-0.4, -0.2) is 11.2 Å². The van der Waals surface area contributed by atoms with E-state index in [9.17, 15) is 5.11 Å². The molecule has 1 fully saturated rings. The van der Waals surface area contributed by atoms with Crippen molar-refractivity contribution >= 4 is 10.8 Å². The molecule has 88 valence electrons. The molecule has 0 bridgehead atoms. The van der Waals surface area contributed by atoms with E-state index in [0.717, 1.165) is 6.42 Å². The lowest BCUT2D eigenvalue weighted by atomic mass is 9.92. The van der Waals surface area contributed by atoms with Gasteiger partial charge < -0.3 is 5.11 Å². The van der Waals surface area contributed by atoms with Crippen molar-refractivity contribution in [3.05, 3.63) is 48.0 Å². The van der Waals surface area contributed by atoms with Gasteiger partial charge >= 0.3 is 0 Å². The zero-order chi connectivity index (χ0) is 11.9. The Kier molecular flexibility index (Phi) is 2.44. The maximum atomic E-state index is 10.3. The Labute approximate surface area is 102 Å². The molecule has 1 nitrogen and oxygen atoms in total. The fourth-order valence-corrected chi connectivity index (χ4v) is 2.46. The molecule has 17 heavy (non-hydrogen) atoms. The molecule has 0 aliphatic heterocycles. The average molecular weight is 226 g/mol. The van der Waals surface area contributed by atoms with Crippen LogP contribution in [-0.2, 0) is 6.42 Å². The van der Waals surface area contributed by atoms with E-state index in [1.54, 1.807) is 0 Å². The summed E-state index contributed by atoms with van der Waals surface area (Å²) in [5, 5.41) is 12.8. The Morgan fingerprint density at radius 2 is 1.82 bits per heavy atom. The van der Waals surface area contributed by atoms with E-state index in [2.05, 4.69) is 49.4 Å². The Morgan fingerprint density at radius 3 is 2.59 bits per heavy atom. The van der Waals surface area contributed by atoms with Gasteiger partial charge in [-0.25, -0.2) is 0 Å². The first kappa shape index (κ1) is 10.8. The molecule has 2 aromatic carbocycles. The number of fused-ring (bicyclic) bond motifs is 1. The second-order valence-electron chi connectivity index (χ2n) is 5.51. The van der Waals surface area contributed by atoms with Crippen LogP contribution in [0.25, 0.3) is 10.8 Å². The topological polar surface area (TPSA) is 20.2 Å². The van der Waals surface area contributed by atoms with Crippen LogP contribution in [0.2, 0.25) is 0 Å². The van der Waals surface area contributed by atoms with Crippen molar-refractivity contribution in [2.75, 3.05) is 0 Å². The zero-order valence-electron chi connectivity index (χ0n) is 10.2. The quantitative estimate of drug-likeness (QED) is 0.848. The lowest BCUT2D eigenvalue weighted by Gasteiger charge is -2.18. The first-order chi connectivity index (χ1) is 8.19. The van der Waals surface area contributed by atoms with Gasteiger partial charge in [-0.15, -0.1) is 0 Å². The molecule has 1 unspecified atom stereocenters. The zero-order valence-corrected chi connectivity index (χ0v) is 10.2. The third-order valence-corrected chi connectivity index (χ3v) is 4.14. The molecule has 1 aliphatic carbocycles. The average Bonchev–Trinajstić information content (AvgIpc) is 3.09. The molecule has 1 aliphatic rings. The summed E-state index contributed by atoms with van der Waals surface area (Å²) in [6, 6.07) is 14.7. The number of hydrogen-bond acceptors (Lipinski definition) is 1. The lowest BCUT2D eigenvalue weighted by Crippen LogP contribution is -2.21. The second-order valence-corrected chi connectivity index (χ2v) is 5.51. The maximum Gasteiger partial charge on any atom is 0.0634 e. The van der Waals surface area contributed by atoms with E-state index in [1.165, 1.54) is 29.2 Å². The first-order valence-electron chi connectivity index (χ1n) is 6.34. The molecule has 1 N–H and O–H groups in total. The molecule has 1 heteroatoms. The van der Waals surface area contributed by atoms with Crippen molar-refractivity contribution in [3.8, 4) is 0 Å². The molecule has 0 amide bonds. The second kappa shape index (κ2) is 3.85. The van der Waals surface area contributed by atoms with Gasteiger partial charge in [0.05, 0.1) is 6.10 Å². The SMILES string of the molecule is CC1(C(O)Cc2cccc3ccccc23)CC1. The highest BCUT2D eigenvalue weighted by Gasteiger charge is 2.43. The molecule has 2 aromatic rings. The molecule has 0 spiro atoms. The van der Waals surface area contributed by atoms with Crippen molar-refractivity contribution in [2.45, 2.75) is 32.3 Å². The molecular weight excluding hydrogens is 208 g/mol. The highest BCUT2D eigenvalue weighted by Crippen LogP contribution is 2.49. The van der Waals surface area contributed by atoms with Crippen LogP contribution in [0.4, 0.5) is 0 Å². The smallest absolute Gasteiger partial charge is 0.0634 e.